The monoisotopic (exact) mass is 528 g/mol. The minimum absolute atomic E-state index is 0.175. The van der Waals surface area contributed by atoms with Crippen molar-refractivity contribution in [2.45, 2.75) is 96.1 Å². The van der Waals surface area contributed by atoms with Crippen LogP contribution >= 0.6 is 0 Å². The van der Waals surface area contributed by atoms with Gasteiger partial charge in [0.2, 0.25) is 0 Å². The van der Waals surface area contributed by atoms with Crippen molar-refractivity contribution < 1.29 is 22.3 Å². The van der Waals surface area contributed by atoms with Crippen LogP contribution in [0.3, 0.4) is 0 Å². The largest absolute Gasteiger partial charge is 0.484 e. The zero-order valence-electron chi connectivity index (χ0n) is 22.5. The van der Waals surface area contributed by atoms with Crippen LogP contribution in [-0.2, 0) is 12.8 Å². The molecule has 0 radical (unpaired) electrons. The second-order valence-corrected chi connectivity index (χ2v) is 11.0. The standard InChI is InChI=1S/C33H40F4O/c1-2-3-4-5-6-7-24-8-13-26(14-9-24)28-18-21-31-29(22-28)17-16-27(32(31)34)15-10-25-11-19-30(20-12-25)38-23-33(35,36)37/h11-12,16-22,24,26H,2-10,13-15,23H2,1H3. The average Bonchev–Trinajstić information content (AvgIpc) is 2.92. The van der Waals surface area contributed by atoms with E-state index in [1.807, 2.05) is 18.2 Å². The number of halogens is 4. The summed E-state index contributed by atoms with van der Waals surface area (Å²) < 4.78 is 57.0. The fourth-order valence-electron chi connectivity index (χ4n) is 5.82. The zero-order valence-corrected chi connectivity index (χ0v) is 22.5. The van der Waals surface area contributed by atoms with E-state index in [0.717, 1.165) is 16.9 Å². The van der Waals surface area contributed by atoms with Gasteiger partial charge in [0.15, 0.2) is 6.61 Å². The summed E-state index contributed by atoms with van der Waals surface area (Å²) in [6.45, 7) is 0.952. The molecule has 0 heterocycles. The summed E-state index contributed by atoms with van der Waals surface area (Å²) in [5, 5.41) is 1.61. The molecule has 5 heteroatoms. The molecule has 0 N–H and O–H groups in total. The average molecular weight is 529 g/mol. The third-order valence-corrected chi connectivity index (χ3v) is 8.10. The minimum Gasteiger partial charge on any atom is -0.484 e. The van der Waals surface area contributed by atoms with Gasteiger partial charge in [-0.05, 0) is 84.6 Å². The lowest BCUT2D eigenvalue weighted by Gasteiger charge is -2.29. The molecule has 1 saturated carbocycles. The number of alkyl halides is 3. The van der Waals surface area contributed by atoms with E-state index in [1.165, 1.54) is 81.9 Å². The van der Waals surface area contributed by atoms with Gasteiger partial charge in [0.1, 0.15) is 11.6 Å². The van der Waals surface area contributed by atoms with E-state index in [4.69, 9.17) is 4.74 Å². The Bertz CT molecular complexity index is 1140. The summed E-state index contributed by atoms with van der Waals surface area (Å²) in [4.78, 5) is 0. The summed E-state index contributed by atoms with van der Waals surface area (Å²) >= 11 is 0. The highest BCUT2D eigenvalue weighted by Gasteiger charge is 2.28. The zero-order chi connectivity index (χ0) is 27.0. The Morgan fingerprint density at radius 2 is 1.55 bits per heavy atom. The molecule has 4 rings (SSSR count). The molecular weight excluding hydrogens is 488 g/mol. The Morgan fingerprint density at radius 3 is 2.26 bits per heavy atom. The van der Waals surface area contributed by atoms with Crippen LogP contribution in [0, 0.1) is 11.7 Å². The Balaban J connectivity index is 1.30. The molecule has 3 aromatic rings. The second kappa shape index (κ2) is 13.5. The van der Waals surface area contributed by atoms with Crippen LogP contribution in [0.25, 0.3) is 10.8 Å². The smallest absolute Gasteiger partial charge is 0.422 e. The molecule has 1 aliphatic carbocycles. The summed E-state index contributed by atoms with van der Waals surface area (Å²) in [6.07, 6.45) is 9.97. The van der Waals surface area contributed by atoms with Crippen LogP contribution in [-0.4, -0.2) is 12.8 Å². The maximum Gasteiger partial charge on any atom is 0.422 e. The third-order valence-electron chi connectivity index (χ3n) is 8.10. The molecular formula is C33H40F4O. The highest BCUT2D eigenvalue weighted by atomic mass is 19.4. The summed E-state index contributed by atoms with van der Waals surface area (Å²) in [5.74, 6) is 1.44. The van der Waals surface area contributed by atoms with E-state index in [0.29, 0.717) is 29.7 Å². The quantitative estimate of drug-likeness (QED) is 0.168. The first-order chi connectivity index (χ1) is 18.3. The lowest BCUT2D eigenvalue weighted by Crippen LogP contribution is -2.19. The van der Waals surface area contributed by atoms with Gasteiger partial charge in [0, 0.05) is 5.39 Å². The molecule has 0 aromatic heterocycles. The Kier molecular flexibility index (Phi) is 10.1. The van der Waals surface area contributed by atoms with Crippen molar-refractivity contribution in [1.29, 1.82) is 0 Å². The topological polar surface area (TPSA) is 9.23 Å². The maximum absolute atomic E-state index is 15.3. The molecule has 206 valence electrons. The van der Waals surface area contributed by atoms with Crippen LogP contribution in [0.15, 0.2) is 54.6 Å². The normalized spacial score (nSPS) is 18.1. The molecule has 0 amide bonds. The van der Waals surface area contributed by atoms with Gasteiger partial charge >= 0.3 is 6.18 Å². The highest BCUT2D eigenvalue weighted by Crippen LogP contribution is 2.39. The van der Waals surface area contributed by atoms with Gasteiger partial charge in [0.05, 0.1) is 0 Å². The Hall–Kier alpha value is -2.56. The lowest BCUT2D eigenvalue weighted by molar-refractivity contribution is -0.153. The van der Waals surface area contributed by atoms with E-state index in [9.17, 15) is 13.2 Å². The molecule has 3 aromatic carbocycles. The van der Waals surface area contributed by atoms with E-state index in [1.54, 1.807) is 12.1 Å². The SMILES string of the molecule is CCCCCCCC1CCC(c2ccc3c(F)c(CCc4ccc(OCC(F)(F)F)cc4)ccc3c2)CC1. The van der Waals surface area contributed by atoms with Crippen LogP contribution < -0.4 is 4.74 Å². The fourth-order valence-corrected chi connectivity index (χ4v) is 5.82. The van der Waals surface area contributed by atoms with Crippen LogP contribution in [0.5, 0.6) is 5.75 Å². The van der Waals surface area contributed by atoms with Gasteiger partial charge in [-0.2, -0.15) is 13.2 Å². The van der Waals surface area contributed by atoms with Crippen LogP contribution in [0.4, 0.5) is 17.6 Å². The Labute approximate surface area is 224 Å². The molecule has 1 fully saturated rings. The van der Waals surface area contributed by atoms with E-state index >= 15 is 4.39 Å². The highest BCUT2D eigenvalue weighted by molar-refractivity contribution is 5.84. The summed E-state index contributed by atoms with van der Waals surface area (Å²) in [5.41, 5.74) is 2.91. The van der Waals surface area contributed by atoms with Crippen LogP contribution in [0.2, 0.25) is 0 Å². The number of fused-ring (bicyclic) bond motifs is 1. The number of unbranched alkanes of at least 4 members (excludes halogenated alkanes) is 4. The van der Waals surface area contributed by atoms with Gasteiger partial charge in [-0.3, -0.25) is 0 Å². The molecule has 1 nitrogen and oxygen atoms in total. The molecule has 0 spiro atoms. The number of ether oxygens (including phenoxy) is 1. The lowest BCUT2D eigenvalue weighted by atomic mass is 9.76. The number of hydrogen-bond donors (Lipinski definition) is 0. The van der Waals surface area contributed by atoms with E-state index in [-0.39, 0.29) is 11.6 Å². The molecule has 0 atom stereocenters. The van der Waals surface area contributed by atoms with Crippen molar-refractivity contribution in [3.8, 4) is 5.75 Å². The van der Waals surface area contributed by atoms with Crippen LogP contribution in [0.1, 0.15) is 93.7 Å². The van der Waals surface area contributed by atoms with Crippen molar-refractivity contribution in [1.82, 2.24) is 0 Å². The van der Waals surface area contributed by atoms with Crippen molar-refractivity contribution in [3.05, 3.63) is 77.1 Å². The molecule has 0 saturated heterocycles. The molecule has 0 bridgehead atoms. The van der Waals surface area contributed by atoms with Gasteiger partial charge in [-0.1, -0.05) is 87.9 Å². The van der Waals surface area contributed by atoms with Crippen molar-refractivity contribution >= 4 is 10.8 Å². The maximum atomic E-state index is 15.3. The molecule has 0 aliphatic heterocycles. The third kappa shape index (κ3) is 8.22. The molecule has 38 heavy (non-hydrogen) atoms. The van der Waals surface area contributed by atoms with Crippen molar-refractivity contribution in [2.24, 2.45) is 5.92 Å². The first-order valence-corrected chi connectivity index (χ1v) is 14.3. The van der Waals surface area contributed by atoms with Gasteiger partial charge in [-0.25, -0.2) is 4.39 Å². The predicted molar refractivity (Wildman–Crippen MR) is 147 cm³/mol. The first-order valence-electron chi connectivity index (χ1n) is 14.3. The molecule has 1 aliphatic rings. The number of hydrogen-bond acceptors (Lipinski definition) is 1. The van der Waals surface area contributed by atoms with Crippen molar-refractivity contribution in [2.75, 3.05) is 6.61 Å². The Morgan fingerprint density at radius 1 is 0.816 bits per heavy atom. The van der Waals surface area contributed by atoms with E-state index < -0.39 is 12.8 Å². The molecule has 0 unspecified atom stereocenters. The number of benzene rings is 3. The van der Waals surface area contributed by atoms with Crippen molar-refractivity contribution in [3.63, 3.8) is 0 Å². The summed E-state index contributed by atoms with van der Waals surface area (Å²) in [7, 11) is 0. The summed E-state index contributed by atoms with van der Waals surface area (Å²) in [6, 6.07) is 16.7. The second-order valence-electron chi connectivity index (χ2n) is 11.0. The van der Waals surface area contributed by atoms with E-state index in [2.05, 4.69) is 19.1 Å². The van der Waals surface area contributed by atoms with Gasteiger partial charge in [-0.15, -0.1) is 0 Å². The van der Waals surface area contributed by atoms with Gasteiger partial charge in [0.25, 0.3) is 0 Å². The first kappa shape index (κ1) is 28.4. The van der Waals surface area contributed by atoms with Gasteiger partial charge < -0.3 is 4.74 Å². The minimum atomic E-state index is -4.36. The number of rotatable bonds is 12. The predicted octanol–water partition coefficient (Wildman–Crippen LogP) is 10.3. The fraction of sp³-hybridized carbons (Fsp3) is 0.515. The number of aryl methyl sites for hydroxylation is 2.